The molecule has 2 aromatic carbocycles. The molecule has 0 spiro atoms. The Balaban J connectivity index is 1.68. The molecule has 0 saturated carbocycles. The second kappa shape index (κ2) is 7.60. The molecule has 0 bridgehead atoms. The fraction of sp³-hybridized carbons (Fsp3) is 0.333. The Morgan fingerprint density at radius 1 is 1.12 bits per heavy atom. The van der Waals surface area contributed by atoms with Gasteiger partial charge in [0.2, 0.25) is 5.91 Å². The lowest BCUT2D eigenvalue weighted by molar-refractivity contribution is -0.118. The molecule has 2 aromatic rings. The number of anilines is 2. The molecule has 1 aliphatic carbocycles. The number of nitrogen functional groups attached to an aromatic ring is 1. The monoisotopic (exact) mass is 351 g/mol. The van der Waals surface area contributed by atoms with Crippen molar-refractivity contribution in [3.8, 4) is 0 Å². The van der Waals surface area contributed by atoms with Crippen LogP contribution in [-0.2, 0) is 11.2 Å². The molecule has 1 unspecified atom stereocenters. The van der Waals surface area contributed by atoms with Crippen molar-refractivity contribution in [1.82, 2.24) is 5.32 Å². The fourth-order valence-electron chi connectivity index (χ4n) is 3.22. The summed E-state index contributed by atoms with van der Waals surface area (Å²) >= 11 is 0. The molecule has 5 heteroatoms. The van der Waals surface area contributed by atoms with Crippen LogP contribution in [0.2, 0.25) is 0 Å². The smallest absolute Gasteiger partial charge is 0.251 e. The predicted molar refractivity (Wildman–Crippen MR) is 104 cm³/mol. The van der Waals surface area contributed by atoms with E-state index >= 15 is 0 Å². The second-order valence-corrected chi connectivity index (χ2v) is 7.10. The van der Waals surface area contributed by atoms with Gasteiger partial charge in [-0.25, -0.2) is 0 Å². The highest BCUT2D eigenvalue weighted by Crippen LogP contribution is 2.31. The van der Waals surface area contributed by atoms with E-state index in [0.29, 0.717) is 11.3 Å². The molecule has 26 heavy (non-hydrogen) atoms. The number of rotatable bonds is 4. The molecular formula is C21H25N3O2. The van der Waals surface area contributed by atoms with Crippen LogP contribution in [0.15, 0.2) is 42.5 Å². The Kier molecular flexibility index (Phi) is 5.26. The van der Waals surface area contributed by atoms with Crippen molar-refractivity contribution < 1.29 is 9.59 Å². The van der Waals surface area contributed by atoms with Gasteiger partial charge in [0.15, 0.2) is 0 Å². The molecule has 2 amide bonds. The summed E-state index contributed by atoms with van der Waals surface area (Å²) in [6.45, 7) is 3.68. The van der Waals surface area contributed by atoms with Crippen LogP contribution in [0.25, 0.3) is 0 Å². The Labute approximate surface area is 154 Å². The average Bonchev–Trinajstić information content (AvgIpc) is 2.62. The lowest BCUT2D eigenvalue weighted by atomic mass is 9.87. The number of nitrogens with two attached hydrogens (primary N) is 1. The largest absolute Gasteiger partial charge is 0.399 e. The van der Waals surface area contributed by atoms with Crippen molar-refractivity contribution in [3.05, 3.63) is 59.2 Å². The zero-order chi connectivity index (χ0) is 18.7. The number of aryl methyl sites for hydroxylation is 1. The second-order valence-electron chi connectivity index (χ2n) is 7.10. The highest BCUT2D eigenvalue weighted by atomic mass is 16.2. The van der Waals surface area contributed by atoms with E-state index < -0.39 is 0 Å². The molecule has 0 heterocycles. The van der Waals surface area contributed by atoms with E-state index in [4.69, 9.17) is 5.73 Å². The zero-order valence-corrected chi connectivity index (χ0v) is 15.2. The van der Waals surface area contributed by atoms with E-state index in [1.54, 1.807) is 24.3 Å². The van der Waals surface area contributed by atoms with Gasteiger partial charge in [-0.3, -0.25) is 9.59 Å². The fourth-order valence-corrected chi connectivity index (χ4v) is 3.22. The maximum Gasteiger partial charge on any atom is 0.251 e. The van der Waals surface area contributed by atoms with Gasteiger partial charge in [0.25, 0.3) is 5.91 Å². The number of hydrogen-bond donors (Lipinski definition) is 3. The maximum absolute atomic E-state index is 12.6. The minimum atomic E-state index is -0.110. The number of nitrogens with one attached hydrogen (secondary N) is 2. The molecular weight excluding hydrogens is 326 g/mol. The van der Waals surface area contributed by atoms with E-state index in [1.165, 1.54) is 5.56 Å². The van der Waals surface area contributed by atoms with Gasteiger partial charge in [-0.05, 0) is 66.8 Å². The lowest BCUT2D eigenvalue weighted by Gasteiger charge is -2.26. The lowest BCUT2D eigenvalue weighted by Crippen LogP contribution is -2.31. The van der Waals surface area contributed by atoms with Gasteiger partial charge in [-0.1, -0.05) is 19.9 Å². The molecule has 5 nitrogen and oxygen atoms in total. The molecule has 136 valence electrons. The highest BCUT2D eigenvalue weighted by molar-refractivity contribution is 5.96. The van der Waals surface area contributed by atoms with Crippen molar-refractivity contribution in [2.45, 2.75) is 39.2 Å². The molecule has 0 aliphatic heterocycles. The first kappa shape index (κ1) is 18.0. The van der Waals surface area contributed by atoms with E-state index in [0.717, 1.165) is 30.5 Å². The summed E-state index contributed by atoms with van der Waals surface area (Å²) in [6.07, 6.45) is 2.95. The molecule has 1 atom stereocenters. The summed E-state index contributed by atoms with van der Waals surface area (Å²) in [5.74, 6) is -0.236. The summed E-state index contributed by atoms with van der Waals surface area (Å²) in [4.78, 5) is 24.3. The summed E-state index contributed by atoms with van der Waals surface area (Å²) in [6, 6.07) is 12.9. The minimum Gasteiger partial charge on any atom is -0.399 e. The molecule has 1 aliphatic rings. The van der Waals surface area contributed by atoms with Gasteiger partial charge in [-0.2, -0.15) is 0 Å². The third kappa shape index (κ3) is 4.04. The summed E-state index contributed by atoms with van der Waals surface area (Å²) < 4.78 is 0. The van der Waals surface area contributed by atoms with Crippen LogP contribution in [-0.4, -0.2) is 11.8 Å². The van der Waals surface area contributed by atoms with E-state index in [-0.39, 0.29) is 23.8 Å². The van der Waals surface area contributed by atoms with E-state index in [2.05, 4.69) is 10.6 Å². The van der Waals surface area contributed by atoms with Crippen molar-refractivity contribution in [2.75, 3.05) is 11.1 Å². The van der Waals surface area contributed by atoms with Gasteiger partial charge in [0.05, 0.1) is 6.04 Å². The standard InChI is InChI=1S/C21H25N3O2/c1-13(2)20(25)23-17-9-6-14(7-10-17)21(26)24-19-5-3-4-15-12-16(22)8-11-18(15)19/h6-13,19H,3-5,22H2,1-2H3,(H,23,25)(H,24,26). The van der Waals surface area contributed by atoms with Gasteiger partial charge < -0.3 is 16.4 Å². The Morgan fingerprint density at radius 2 is 1.85 bits per heavy atom. The van der Waals surface area contributed by atoms with Crippen molar-refractivity contribution >= 4 is 23.2 Å². The number of carbonyl (C=O) groups is 2. The Hall–Kier alpha value is -2.82. The van der Waals surface area contributed by atoms with Crippen molar-refractivity contribution in [2.24, 2.45) is 5.92 Å². The van der Waals surface area contributed by atoms with Crippen LogP contribution in [0.3, 0.4) is 0 Å². The first-order valence-electron chi connectivity index (χ1n) is 9.04. The van der Waals surface area contributed by atoms with Crippen LogP contribution in [0.4, 0.5) is 11.4 Å². The third-order valence-electron chi connectivity index (χ3n) is 4.73. The molecule has 3 rings (SSSR count). The van der Waals surface area contributed by atoms with Crippen LogP contribution < -0.4 is 16.4 Å². The minimum absolute atomic E-state index is 0.00664. The van der Waals surface area contributed by atoms with E-state index in [1.807, 2.05) is 32.0 Å². The van der Waals surface area contributed by atoms with Gasteiger partial charge in [0.1, 0.15) is 0 Å². The molecule has 4 N–H and O–H groups in total. The number of amides is 2. The van der Waals surface area contributed by atoms with Gasteiger partial charge in [0, 0.05) is 22.9 Å². The van der Waals surface area contributed by atoms with Crippen molar-refractivity contribution in [1.29, 1.82) is 0 Å². The first-order chi connectivity index (χ1) is 12.4. The topological polar surface area (TPSA) is 84.2 Å². The molecule has 0 aromatic heterocycles. The van der Waals surface area contributed by atoms with Crippen LogP contribution in [0.1, 0.15) is 54.2 Å². The molecule has 0 fully saturated rings. The summed E-state index contributed by atoms with van der Waals surface area (Å²) in [5.41, 5.74) is 10.3. The number of benzene rings is 2. The summed E-state index contributed by atoms with van der Waals surface area (Å²) in [5, 5.41) is 5.95. The molecule has 0 saturated heterocycles. The average molecular weight is 351 g/mol. The predicted octanol–water partition coefficient (Wildman–Crippen LogP) is 3.67. The third-order valence-corrected chi connectivity index (χ3v) is 4.73. The zero-order valence-electron chi connectivity index (χ0n) is 15.2. The first-order valence-corrected chi connectivity index (χ1v) is 9.04. The van der Waals surface area contributed by atoms with Gasteiger partial charge in [-0.15, -0.1) is 0 Å². The van der Waals surface area contributed by atoms with Crippen LogP contribution in [0.5, 0.6) is 0 Å². The maximum atomic E-state index is 12.6. The summed E-state index contributed by atoms with van der Waals surface area (Å²) in [7, 11) is 0. The van der Waals surface area contributed by atoms with Gasteiger partial charge >= 0.3 is 0 Å². The normalized spacial score (nSPS) is 16.0. The highest BCUT2D eigenvalue weighted by Gasteiger charge is 2.22. The SMILES string of the molecule is CC(C)C(=O)Nc1ccc(C(=O)NC2CCCc3cc(N)ccc32)cc1. The number of fused-ring (bicyclic) bond motifs is 1. The molecule has 0 radical (unpaired) electrons. The van der Waals surface area contributed by atoms with Crippen LogP contribution >= 0.6 is 0 Å². The van der Waals surface area contributed by atoms with Crippen molar-refractivity contribution in [3.63, 3.8) is 0 Å². The quantitative estimate of drug-likeness (QED) is 0.735. The Bertz CT molecular complexity index is 813. The van der Waals surface area contributed by atoms with Crippen LogP contribution in [0, 0.1) is 5.92 Å². The Morgan fingerprint density at radius 3 is 2.54 bits per heavy atom. The number of carbonyl (C=O) groups excluding carboxylic acids is 2. The van der Waals surface area contributed by atoms with E-state index in [9.17, 15) is 9.59 Å². The number of hydrogen-bond acceptors (Lipinski definition) is 3.